The lowest BCUT2D eigenvalue weighted by atomic mass is 9.73. The van der Waals surface area contributed by atoms with Crippen molar-refractivity contribution < 1.29 is 28.7 Å². The summed E-state index contributed by atoms with van der Waals surface area (Å²) in [6, 6.07) is 23.5. The molecule has 0 aromatic heterocycles. The fourth-order valence-corrected chi connectivity index (χ4v) is 6.82. The number of amides is 3. The molecule has 8 nitrogen and oxygen atoms in total. The van der Waals surface area contributed by atoms with E-state index in [4.69, 9.17) is 9.47 Å². The van der Waals surface area contributed by atoms with Crippen LogP contribution in [0.1, 0.15) is 41.6 Å². The Morgan fingerprint density at radius 3 is 2.45 bits per heavy atom. The minimum Gasteiger partial charge on any atom is -0.492 e. The summed E-state index contributed by atoms with van der Waals surface area (Å²) in [6.45, 7) is 1.78. The Labute approximate surface area is 232 Å². The van der Waals surface area contributed by atoms with Gasteiger partial charge in [-0.25, -0.2) is 4.79 Å². The first-order chi connectivity index (χ1) is 19.5. The summed E-state index contributed by atoms with van der Waals surface area (Å²) < 4.78 is 10.7. The van der Waals surface area contributed by atoms with Crippen molar-refractivity contribution >= 4 is 35.1 Å². The van der Waals surface area contributed by atoms with Gasteiger partial charge in [0.2, 0.25) is 11.8 Å². The van der Waals surface area contributed by atoms with Crippen LogP contribution in [0.3, 0.4) is 0 Å². The van der Waals surface area contributed by atoms with E-state index in [1.807, 2.05) is 25.1 Å². The van der Waals surface area contributed by atoms with Gasteiger partial charge in [-0.05, 0) is 73.4 Å². The highest BCUT2D eigenvalue weighted by molar-refractivity contribution is 6.23. The fraction of sp³-hybridized carbons (Fsp3) is 0.312. The zero-order valence-electron chi connectivity index (χ0n) is 22.1. The van der Waals surface area contributed by atoms with E-state index < -0.39 is 18.5 Å². The Morgan fingerprint density at radius 1 is 0.900 bits per heavy atom. The number of ether oxygens (including phenoxy) is 2. The third-order valence-electron chi connectivity index (χ3n) is 8.38. The molecule has 3 aliphatic rings. The van der Waals surface area contributed by atoms with Crippen molar-refractivity contribution in [2.75, 3.05) is 23.4 Å². The largest absolute Gasteiger partial charge is 0.492 e. The van der Waals surface area contributed by atoms with Crippen LogP contribution in [0, 0.1) is 23.7 Å². The summed E-state index contributed by atoms with van der Waals surface area (Å²) in [7, 11) is 0. The molecule has 3 fully saturated rings. The molecule has 5 atom stereocenters. The molecule has 1 aliphatic heterocycles. The Kier molecular flexibility index (Phi) is 6.84. The molecular formula is C32H30N2O6. The van der Waals surface area contributed by atoms with Gasteiger partial charge in [0.25, 0.3) is 5.91 Å². The average molecular weight is 539 g/mol. The van der Waals surface area contributed by atoms with Crippen LogP contribution in [0.15, 0.2) is 78.9 Å². The van der Waals surface area contributed by atoms with Crippen LogP contribution < -0.4 is 15.0 Å². The molecule has 0 radical (unpaired) electrons. The fourth-order valence-electron chi connectivity index (χ4n) is 6.82. The Morgan fingerprint density at radius 2 is 1.65 bits per heavy atom. The van der Waals surface area contributed by atoms with Crippen molar-refractivity contribution in [2.45, 2.75) is 25.7 Å². The summed E-state index contributed by atoms with van der Waals surface area (Å²) >= 11 is 0. The van der Waals surface area contributed by atoms with Gasteiger partial charge in [-0.1, -0.05) is 48.5 Å². The molecule has 1 heterocycles. The second-order valence-corrected chi connectivity index (χ2v) is 10.6. The Balaban J connectivity index is 1.13. The minimum absolute atomic E-state index is 0.137. The number of anilines is 2. The maximum atomic E-state index is 13.6. The molecule has 0 unspecified atom stereocenters. The molecule has 3 aromatic rings. The predicted molar refractivity (Wildman–Crippen MR) is 148 cm³/mol. The summed E-state index contributed by atoms with van der Waals surface area (Å²) in [4.78, 5) is 53.6. The monoisotopic (exact) mass is 538 g/mol. The number of imide groups is 1. The number of hydrogen-bond acceptors (Lipinski definition) is 6. The normalized spacial score (nSPS) is 24.6. The Bertz CT molecular complexity index is 1470. The van der Waals surface area contributed by atoms with Gasteiger partial charge in [-0.15, -0.1) is 0 Å². The SMILES string of the molecule is CCOc1ccccc1NC(=O)COC(=O)c1cccc(N2C(=O)[C@@H]3[C@@H]4C[C@@H]([C@@H]3C2=O)[C@H](c2ccccc2)C4)c1. The number of carbonyl (C=O) groups excluding carboxylic acids is 4. The first kappa shape index (κ1) is 25.8. The van der Waals surface area contributed by atoms with E-state index in [1.165, 1.54) is 22.6 Å². The molecule has 1 N–H and O–H groups in total. The Hall–Kier alpha value is -4.46. The van der Waals surface area contributed by atoms with Crippen molar-refractivity contribution in [3.8, 4) is 5.75 Å². The first-order valence-corrected chi connectivity index (χ1v) is 13.7. The second kappa shape index (κ2) is 10.6. The van der Waals surface area contributed by atoms with E-state index in [1.54, 1.807) is 36.4 Å². The van der Waals surface area contributed by atoms with E-state index in [2.05, 4.69) is 17.4 Å². The van der Waals surface area contributed by atoms with Crippen molar-refractivity contribution in [2.24, 2.45) is 23.7 Å². The minimum atomic E-state index is -0.724. The third-order valence-corrected chi connectivity index (χ3v) is 8.38. The summed E-state index contributed by atoms with van der Waals surface area (Å²) in [5, 5.41) is 2.68. The van der Waals surface area contributed by atoms with Gasteiger partial charge < -0.3 is 14.8 Å². The molecule has 40 heavy (non-hydrogen) atoms. The number of para-hydroxylation sites is 2. The highest BCUT2D eigenvalue weighted by atomic mass is 16.5. The number of hydrogen-bond donors (Lipinski definition) is 1. The zero-order valence-corrected chi connectivity index (χ0v) is 22.1. The number of carbonyl (C=O) groups is 4. The molecule has 6 rings (SSSR count). The van der Waals surface area contributed by atoms with Crippen LogP contribution in [0.25, 0.3) is 0 Å². The number of fused-ring (bicyclic) bond motifs is 5. The summed E-state index contributed by atoms with van der Waals surface area (Å²) in [5.74, 6) is -1.15. The van der Waals surface area contributed by atoms with Gasteiger partial charge in [0, 0.05) is 0 Å². The smallest absolute Gasteiger partial charge is 0.338 e. The first-order valence-electron chi connectivity index (χ1n) is 13.7. The lowest BCUT2D eigenvalue weighted by molar-refractivity contribution is -0.123. The standard InChI is InChI=1S/C32H30N2O6/c1-2-39-26-14-7-6-13-25(26)33-27(35)18-40-32(38)20-11-8-12-22(15-20)34-30(36)28-21-16-23(19-9-4-3-5-10-19)24(17-21)29(28)31(34)37/h3-15,21,23-24,28-29H,2,16-18H2,1H3,(H,33,35)/t21-,23-,24+,28+,29-/m0/s1. The summed E-state index contributed by atoms with van der Waals surface area (Å²) in [6.07, 6.45) is 1.80. The van der Waals surface area contributed by atoms with E-state index in [-0.39, 0.29) is 47.0 Å². The number of rotatable bonds is 8. The van der Waals surface area contributed by atoms with Crippen LogP contribution >= 0.6 is 0 Å². The van der Waals surface area contributed by atoms with Crippen molar-refractivity contribution in [1.29, 1.82) is 0 Å². The molecule has 1 saturated heterocycles. The quantitative estimate of drug-likeness (QED) is 0.326. The average Bonchev–Trinajstić information content (AvgIpc) is 3.64. The second-order valence-electron chi connectivity index (χ2n) is 10.6. The molecule has 204 valence electrons. The molecule has 0 spiro atoms. The van der Waals surface area contributed by atoms with Crippen LogP contribution in [0.4, 0.5) is 11.4 Å². The zero-order chi connectivity index (χ0) is 27.8. The van der Waals surface area contributed by atoms with Gasteiger partial charge in [0.05, 0.1) is 35.4 Å². The molecule has 8 heteroatoms. The van der Waals surface area contributed by atoms with Crippen LogP contribution in [-0.4, -0.2) is 36.9 Å². The predicted octanol–water partition coefficient (Wildman–Crippen LogP) is 4.81. The number of benzene rings is 3. The van der Waals surface area contributed by atoms with Crippen molar-refractivity contribution in [3.05, 3.63) is 90.0 Å². The molecule has 3 aromatic carbocycles. The topological polar surface area (TPSA) is 102 Å². The van der Waals surface area contributed by atoms with E-state index in [9.17, 15) is 19.2 Å². The van der Waals surface area contributed by atoms with Crippen molar-refractivity contribution in [1.82, 2.24) is 0 Å². The summed E-state index contributed by atoms with van der Waals surface area (Å²) in [5.41, 5.74) is 2.21. The highest BCUT2D eigenvalue weighted by Crippen LogP contribution is 2.61. The van der Waals surface area contributed by atoms with Crippen molar-refractivity contribution in [3.63, 3.8) is 0 Å². The van der Waals surface area contributed by atoms with Gasteiger partial charge >= 0.3 is 5.97 Å². The van der Waals surface area contributed by atoms with E-state index in [0.29, 0.717) is 23.7 Å². The van der Waals surface area contributed by atoms with Gasteiger partial charge in [0.1, 0.15) is 5.75 Å². The van der Waals surface area contributed by atoms with Gasteiger partial charge in [-0.3, -0.25) is 19.3 Å². The van der Waals surface area contributed by atoms with Gasteiger partial charge in [0.15, 0.2) is 6.61 Å². The maximum absolute atomic E-state index is 13.6. The molecular weight excluding hydrogens is 508 g/mol. The lowest BCUT2D eigenvalue weighted by Crippen LogP contribution is -2.33. The number of esters is 1. The van der Waals surface area contributed by atoms with E-state index >= 15 is 0 Å². The molecule has 2 aliphatic carbocycles. The number of nitrogens with one attached hydrogen (secondary N) is 1. The molecule has 2 saturated carbocycles. The highest BCUT2D eigenvalue weighted by Gasteiger charge is 2.64. The molecule has 2 bridgehead atoms. The number of nitrogens with zero attached hydrogens (tertiary/aromatic N) is 1. The van der Waals surface area contributed by atoms with Gasteiger partial charge in [-0.2, -0.15) is 0 Å². The third kappa shape index (κ3) is 4.53. The molecule has 3 amide bonds. The maximum Gasteiger partial charge on any atom is 0.338 e. The van der Waals surface area contributed by atoms with E-state index in [0.717, 1.165) is 12.8 Å². The van der Waals surface area contributed by atoms with Crippen LogP contribution in [0.5, 0.6) is 5.75 Å². The lowest BCUT2D eigenvalue weighted by Gasteiger charge is -2.28. The van der Waals surface area contributed by atoms with Crippen LogP contribution in [0.2, 0.25) is 0 Å². The van der Waals surface area contributed by atoms with Crippen LogP contribution in [-0.2, 0) is 19.1 Å².